The van der Waals surface area contributed by atoms with Crippen LogP contribution < -0.4 is 5.32 Å². The van der Waals surface area contributed by atoms with Gasteiger partial charge in [-0.15, -0.1) is 11.3 Å². The van der Waals surface area contributed by atoms with E-state index in [9.17, 15) is 9.18 Å². The molecule has 1 fully saturated rings. The molecule has 1 unspecified atom stereocenters. The second-order valence-electron chi connectivity index (χ2n) is 6.70. The molecule has 5 nitrogen and oxygen atoms in total. The van der Waals surface area contributed by atoms with E-state index in [0.29, 0.717) is 11.0 Å². The molecule has 2 aromatic heterocycles. The first-order valence-electron chi connectivity index (χ1n) is 8.55. The van der Waals surface area contributed by atoms with E-state index < -0.39 is 5.95 Å². The van der Waals surface area contributed by atoms with Gasteiger partial charge in [-0.1, -0.05) is 0 Å². The predicted molar refractivity (Wildman–Crippen MR) is 97.1 cm³/mol. The average molecular weight is 362 g/mol. The fraction of sp³-hybridized carbons (Fsp3) is 0.500. The molecule has 134 valence electrons. The molecule has 0 radical (unpaired) electrons. The van der Waals surface area contributed by atoms with Crippen LogP contribution in [0.4, 0.5) is 9.52 Å². The molecule has 1 aliphatic rings. The van der Waals surface area contributed by atoms with Crippen LogP contribution in [0.1, 0.15) is 35.9 Å². The number of piperidine rings is 1. The van der Waals surface area contributed by atoms with Crippen LogP contribution in [0.3, 0.4) is 0 Å². The van der Waals surface area contributed by atoms with Gasteiger partial charge in [0.15, 0.2) is 5.13 Å². The first-order valence-corrected chi connectivity index (χ1v) is 9.37. The van der Waals surface area contributed by atoms with E-state index in [1.54, 1.807) is 6.07 Å². The fourth-order valence-electron chi connectivity index (χ4n) is 3.42. The highest BCUT2D eigenvalue weighted by atomic mass is 32.1. The number of hydrogen-bond acceptors (Lipinski definition) is 5. The molecule has 0 spiro atoms. The maximum Gasteiger partial charge on any atom is 0.223 e. The van der Waals surface area contributed by atoms with Gasteiger partial charge in [0, 0.05) is 36.8 Å². The minimum Gasteiger partial charge on any atom is -0.302 e. The first kappa shape index (κ1) is 17.9. The van der Waals surface area contributed by atoms with Crippen LogP contribution in [0.25, 0.3) is 0 Å². The van der Waals surface area contributed by atoms with E-state index >= 15 is 0 Å². The van der Waals surface area contributed by atoms with Gasteiger partial charge in [0.1, 0.15) is 0 Å². The molecule has 3 rings (SSSR count). The van der Waals surface area contributed by atoms with Gasteiger partial charge in [-0.25, -0.2) is 9.97 Å². The van der Waals surface area contributed by atoms with E-state index in [2.05, 4.69) is 20.2 Å². The second kappa shape index (κ2) is 8.01. The van der Waals surface area contributed by atoms with Crippen molar-refractivity contribution in [2.24, 2.45) is 5.92 Å². The summed E-state index contributed by atoms with van der Waals surface area (Å²) < 4.78 is 13.5. The summed E-state index contributed by atoms with van der Waals surface area (Å²) in [4.78, 5) is 22.7. The monoisotopic (exact) mass is 362 g/mol. The Morgan fingerprint density at radius 3 is 3.08 bits per heavy atom. The average Bonchev–Trinajstić information content (AvgIpc) is 2.92. The van der Waals surface area contributed by atoms with Crippen LogP contribution in [-0.2, 0) is 17.8 Å². The molecule has 7 heteroatoms. The Balaban J connectivity index is 1.57. The maximum absolute atomic E-state index is 13.5. The zero-order valence-electron chi connectivity index (χ0n) is 14.6. The van der Waals surface area contributed by atoms with E-state index in [0.717, 1.165) is 48.6 Å². The molecule has 0 saturated carbocycles. The lowest BCUT2D eigenvalue weighted by atomic mass is 9.91. The summed E-state index contributed by atoms with van der Waals surface area (Å²) in [6, 6.07) is 3.53. The third-order valence-electron chi connectivity index (χ3n) is 4.33. The number of anilines is 1. The highest BCUT2D eigenvalue weighted by molar-refractivity contribution is 7.15. The van der Waals surface area contributed by atoms with Crippen molar-refractivity contribution in [3.05, 3.63) is 40.4 Å². The fourth-order valence-corrected chi connectivity index (χ4v) is 4.32. The van der Waals surface area contributed by atoms with Crippen LogP contribution >= 0.6 is 11.3 Å². The van der Waals surface area contributed by atoms with Crippen molar-refractivity contribution in [2.45, 2.75) is 39.7 Å². The molecule has 25 heavy (non-hydrogen) atoms. The summed E-state index contributed by atoms with van der Waals surface area (Å²) in [5.41, 5.74) is 1.76. The van der Waals surface area contributed by atoms with Gasteiger partial charge in [-0.2, -0.15) is 4.39 Å². The molecular formula is C18H23FN4OS. The highest BCUT2D eigenvalue weighted by Gasteiger charge is 2.21. The van der Waals surface area contributed by atoms with Crippen molar-refractivity contribution in [1.29, 1.82) is 0 Å². The summed E-state index contributed by atoms with van der Waals surface area (Å²) in [6.07, 6.45) is 5.03. The lowest BCUT2D eigenvalue weighted by Crippen LogP contribution is -2.35. The van der Waals surface area contributed by atoms with Gasteiger partial charge in [-0.3, -0.25) is 9.69 Å². The number of halogens is 1. The zero-order chi connectivity index (χ0) is 17.8. The molecule has 0 bridgehead atoms. The Morgan fingerprint density at radius 1 is 1.48 bits per heavy atom. The standard InChI is InChI=1S/C18H23FN4OS/c1-12-6-15(8-17(19)21-12)7-14-4-3-5-23(10-14)11-16-9-20-18(25-16)22-13(2)24/h6,8-9,14H,3-5,7,10-11H2,1-2H3,(H,20,22,24). The van der Waals surface area contributed by atoms with Crippen LogP contribution in [0.15, 0.2) is 18.3 Å². The number of thiazole rings is 1. The van der Waals surface area contributed by atoms with Crippen molar-refractivity contribution in [2.75, 3.05) is 18.4 Å². The van der Waals surface area contributed by atoms with E-state index in [4.69, 9.17) is 0 Å². The predicted octanol–water partition coefficient (Wildman–Crippen LogP) is 3.40. The Labute approximate surface area is 151 Å². The molecule has 1 amide bonds. The van der Waals surface area contributed by atoms with Crippen LogP contribution in [-0.4, -0.2) is 33.9 Å². The lowest BCUT2D eigenvalue weighted by molar-refractivity contribution is -0.114. The molecule has 1 aliphatic heterocycles. The summed E-state index contributed by atoms with van der Waals surface area (Å²) in [5.74, 6) is 0.0364. The molecule has 0 aliphatic carbocycles. The van der Waals surface area contributed by atoms with Crippen molar-refractivity contribution >= 4 is 22.4 Å². The van der Waals surface area contributed by atoms with Crippen LogP contribution in [0.2, 0.25) is 0 Å². The number of amides is 1. The number of nitrogens with zero attached hydrogens (tertiary/aromatic N) is 3. The van der Waals surface area contributed by atoms with E-state index in [1.807, 2.05) is 19.2 Å². The molecule has 0 aromatic carbocycles. The number of carbonyl (C=O) groups is 1. The molecule has 1 saturated heterocycles. The van der Waals surface area contributed by atoms with Gasteiger partial charge in [0.2, 0.25) is 11.9 Å². The van der Waals surface area contributed by atoms with Crippen molar-refractivity contribution < 1.29 is 9.18 Å². The minimum atomic E-state index is -0.391. The van der Waals surface area contributed by atoms with Gasteiger partial charge in [-0.05, 0) is 56.3 Å². The van der Waals surface area contributed by atoms with Gasteiger partial charge >= 0.3 is 0 Å². The number of hydrogen-bond donors (Lipinski definition) is 1. The van der Waals surface area contributed by atoms with Crippen molar-refractivity contribution in [3.63, 3.8) is 0 Å². The minimum absolute atomic E-state index is 0.0983. The van der Waals surface area contributed by atoms with Gasteiger partial charge < -0.3 is 5.32 Å². The first-order chi connectivity index (χ1) is 12.0. The summed E-state index contributed by atoms with van der Waals surface area (Å²) >= 11 is 1.52. The van der Waals surface area contributed by atoms with Crippen molar-refractivity contribution in [3.8, 4) is 0 Å². The normalized spacial score (nSPS) is 18.3. The third-order valence-corrected chi connectivity index (χ3v) is 5.22. The molecule has 3 heterocycles. The Bertz CT molecular complexity index is 728. The second-order valence-corrected chi connectivity index (χ2v) is 7.82. The number of aromatic nitrogens is 2. The Kier molecular flexibility index (Phi) is 5.75. The van der Waals surface area contributed by atoms with Crippen molar-refractivity contribution in [1.82, 2.24) is 14.9 Å². The van der Waals surface area contributed by atoms with Crippen LogP contribution in [0.5, 0.6) is 0 Å². The Morgan fingerprint density at radius 2 is 2.32 bits per heavy atom. The lowest BCUT2D eigenvalue weighted by Gasteiger charge is -2.32. The van der Waals surface area contributed by atoms with Gasteiger partial charge in [0.05, 0.1) is 0 Å². The SMILES string of the molecule is CC(=O)Nc1ncc(CN2CCCC(Cc3cc(C)nc(F)c3)C2)s1. The van der Waals surface area contributed by atoms with E-state index in [-0.39, 0.29) is 5.91 Å². The molecule has 2 aromatic rings. The van der Waals surface area contributed by atoms with E-state index in [1.165, 1.54) is 24.7 Å². The highest BCUT2D eigenvalue weighted by Crippen LogP contribution is 2.25. The zero-order valence-corrected chi connectivity index (χ0v) is 15.4. The number of rotatable bonds is 5. The molecule has 1 atom stereocenters. The number of likely N-dealkylation sites (tertiary alicyclic amines) is 1. The smallest absolute Gasteiger partial charge is 0.223 e. The summed E-state index contributed by atoms with van der Waals surface area (Å²) in [6.45, 7) is 6.22. The number of aryl methyl sites for hydroxylation is 1. The Hall–Kier alpha value is -1.86. The summed E-state index contributed by atoms with van der Waals surface area (Å²) in [7, 11) is 0. The molecule has 1 N–H and O–H groups in total. The van der Waals surface area contributed by atoms with Gasteiger partial charge in [0.25, 0.3) is 0 Å². The number of pyridine rings is 1. The largest absolute Gasteiger partial charge is 0.302 e. The van der Waals surface area contributed by atoms with Crippen LogP contribution in [0, 0.1) is 18.8 Å². The molecular weight excluding hydrogens is 339 g/mol. The number of nitrogens with one attached hydrogen (secondary N) is 1. The summed E-state index contributed by atoms with van der Waals surface area (Å²) in [5, 5.41) is 3.37. The maximum atomic E-state index is 13.5. The quantitative estimate of drug-likeness (QED) is 0.828. The number of carbonyl (C=O) groups excluding carboxylic acids is 1. The topological polar surface area (TPSA) is 58.1 Å². The third kappa shape index (κ3) is 5.31.